The van der Waals surface area contributed by atoms with Crippen LogP contribution in [0.1, 0.15) is 51.2 Å². The topological polar surface area (TPSA) is 94.6 Å². The number of pyridine rings is 1. The Morgan fingerprint density at radius 2 is 1.69 bits per heavy atom. The number of benzene rings is 2. The molecule has 1 N–H and O–H groups in total. The molecule has 1 aliphatic carbocycles. The van der Waals surface area contributed by atoms with E-state index < -0.39 is 24.5 Å². The third-order valence-corrected chi connectivity index (χ3v) is 5.55. The third-order valence-electron chi connectivity index (χ3n) is 5.55. The van der Waals surface area contributed by atoms with Gasteiger partial charge in [0, 0.05) is 16.8 Å². The van der Waals surface area contributed by atoms with E-state index >= 15 is 0 Å². The Morgan fingerprint density at radius 3 is 2.47 bits per heavy atom. The van der Waals surface area contributed by atoms with Crippen molar-refractivity contribution in [1.29, 1.82) is 0 Å². The van der Waals surface area contributed by atoms with Crippen molar-refractivity contribution in [2.45, 2.75) is 32.1 Å². The second kappa shape index (κ2) is 9.60. The Bertz CT molecular complexity index is 1170. The predicted molar refractivity (Wildman–Crippen MR) is 120 cm³/mol. The first-order valence-corrected chi connectivity index (χ1v) is 10.6. The molecule has 7 heteroatoms. The molecule has 1 heterocycles. The summed E-state index contributed by atoms with van der Waals surface area (Å²) in [5.41, 5.74) is 4.02. The molecule has 0 saturated carbocycles. The Kier molecular flexibility index (Phi) is 6.44. The number of nitrogens with one attached hydrogen (secondary N) is 1. The lowest BCUT2D eigenvalue weighted by atomic mass is 9.97. The number of rotatable bonds is 5. The molecule has 7 nitrogen and oxygen atoms in total. The first kappa shape index (κ1) is 21.5. The molecule has 164 valence electrons. The lowest BCUT2D eigenvalue weighted by Crippen LogP contribution is -2.22. The standard InChI is InChI=1S/C25H24N2O5/c1-31-24(29)16-11-13-17(14-12-16)26-22(28)15-32-25(30)23-18-7-3-2-4-9-20(18)27-21-10-6-5-8-19(21)23/h5-6,8,10-14H,2-4,7,9,15H2,1H3,(H,26,28). The number of aromatic nitrogens is 1. The average Bonchev–Trinajstić information content (AvgIpc) is 3.06. The highest BCUT2D eigenvalue weighted by molar-refractivity contribution is 6.06. The molecule has 0 atom stereocenters. The molecule has 0 saturated heterocycles. The number of anilines is 1. The second-order valence-electron chi connectivity index (χ2n) is 7.68. The Morgan fingerprint density at radius 1 is 0.938 bits per heavy atom. The van der Waals surface area contributed by atoms with Crippen LogP contribution < -0.4 is 5.32 Å². The molecule has 0 bridgehead atoms. The van der Waals surface area contributed by atoms with E-state index in [1.807, 2.05) is 24.3 Å². The number of hydrogen-bond acceptors (Lipinski definition) is 6. The summed E-state index contributed by atoms with van der Waals surface area (Å²) in [7, 11) is 1.30. The van der Waals surface area contributed by atoms with Crippen molar-refractivity contribution in [1.82, 2.24) is 4.98 Å². The number of aryl methyl sites for hydroxylation is 1. The van der Waals surface area contributed by atoms with Crippen LogP contribution in [-0.4, -0.2) is 36.5 Å². The van der Waals surface area contributed by atoms with Crippen molar-refractivity contribution in [3.8, 4) is 0 Å². The molecule has 0 radical (unpaired) electrons. The van der Waals surface area contributed by atoms with Gasteiger partial charge < -0.3 is 14.8 Å². The fourth-order valence-electron chi connectivity index (χ4n) is 3.99. The van der Waals surface area contributed by atoms with Gasteiger partial charge in [-0.3, -0.25) is 9.78 Å². The van der Waals surface area contributed by atoms with E-state index in [-0.39, 0.29) is 0 Å². The van der Waals surface area contributed by atoms with Gasteiger partial charge in [-0.2, -0.15) is 0 Å². The van der Waals surface area contributed by atoms with Gasteiger partial charge in [0.25, 0.3) is 5.91 Å². The molecule has 4 rings (SSSR count). The number of methoxy groups -OCH3 is 1. The van der Waals surface area contributed by atoms with E-state index in [1.165, 1.54) is 7.11 Å². The van der Waals surface area contributed by atoms with Crippen LogP contribution in [0.4, 0.5) is 5.69 Å². The second-order valence-corrected chi connectivity index (χ2v) is 7.68. The maximum Gasteiger partial charge on any atom is 0.339 e. The maximum atomic E-state index is 13.1. The SMILES string of the molecule is COC(=O)c1ccc(NC(=O)COC(=O)c2c3c(nc4ccccc24)CCCCC3)cc1. The third kappa shape index (κ3) is 4.61. The number of hydrogen-bond donors (Lipinski definition) is 1. The van der Waals surface area contributed by atoms with Crippen molar-refractivity contribution in [2.24, 2.45) is 0 Å². The minimum absolute atomic E-state index is 0.377. The van der Waals surface area contributed by atoms with Crippen LogP contribution in [0.25, 0.3) is 10.9 Å². The summed E-state index contributed by atoms with van der Waals surface area (Å²) in [5.74, 6) is -1.44. The number of nitrogens with zero attached hydrogens (tertiary/aromatic N) is 1. The van der Waals surface area contributed by atoms with Crippen LogP contribution in [0, 0.1) is 0 Å². The first-order chi connectivity index (χ1) is 15.6. The smallest absolute Gasteiger partial charge is 0.339 e. The zero-order valence-electron chi connectivity index (χ0n) is 17.8. The van der Waals surface area contributed by atoms with Crippen molar-refractivity contribution in [3.63, 3.8) is 0 Å². The molecule has 1 aliphatic rings. The molecule has 0 fully saturated rings. The van der Waals surface area contributed by atoms with Gasteiger partial charge in [-0.25, -0.2) is 9.59 Å². The van der Waals surface area contributed by atoms with Gasteiger partial charge in [-0.1, -0.05) is 24.6 Å². The summed E-state index contributed by atoms with van der Waals surface area (Å²) in [5, 5.41) is 3.41. The number of esters is 2. The van der Waals surface area contributed by atoms with Crippen LogP contribution in [0.5, 0.6) is 0 Å². The van der Waals surface area contributed by atoms with Gasteiger partial charge in [0.15, 0.2) is 6.61 Å². The molecular weight excluding hydrogens is 408 g/mol. The summed E-state index contributed by atoms with van der Waals surface area (Å²) < 4.78 is 10.1. The van der Waals surface area contributed by atoms with Gasteiger partial charge in [0.2, 0.25) is 0 Å². The molecule has 0 spiro atoms. The maximum absolute atomic E-state index is 13.1. The minimum atomic E-state index is -0.516. The molecule has 1 amide bonds. The summed E-state index contributed by atoms with van der Waals surface area (Å²) in [4.78, 5) is 41.7. The minimum Gasteiger partial charge on any atom is -0.465 e. The van der Waals surface area contributed by atoms with Crippen LogP contribution in [-0.2, 0) is 27.1 Å². The summed E-state index contributed by atoms with van der Waals surface area (Å²) in [6.45, 7) is -0.414. The van der Waals surface area contributed by atoms with E-state index in [2.05, 4.69) is 10.1 Å². The van der Waals surface area contributed by atoms with Gasteiger partial charge >= 0.3 is 11.9 Å². The Labute approximate surface area is 185 Å². The number of para-hydroxylation sites is 1. The van der Waals surface area contributed by atoms with Gasteiger partial charge in [0.05, 0.1) is 23.8 Å². The molecule has 1 aromatic heterocycles. The number of ether oxygens (including phenoxy) is 2. The molecule has 2 aromatic carbocycles. The zero-order valence-corrected chi connectivity index (χ0v) is 17.8. The van der Waals surface area contributed by atoms with Crippen LogP contribution in [0.3, 0.4) is 0 Å². The first-order valence-electron chi connectivity index (χ1n) is 10.6. The van der Waals surface area contributed by atoms with E-state index in [1.54, 1.807) is 24.3 Å². The van der Waals surface area contributed by atoms with Gasteiger partial charge in [-0.15, -0.1) is 0 Å². The highest BCUT2D eigenvalue weighted by Gasteiger charge is 2.23. The summed E-state index contributed by atoms with van der Waals surface area (Å²) in [6, 6.07) is 13.8. The lowest BCUT2D eigenvalue weighted by Gasteiger charge is -2.15. The number of carbonyl (C=O) groups is 3. The van der Waals surface area contributed by atoms with Gasteiger partial charge in [0.1, 0.15) is 0 Å². The van der Waals surface area contributed by atoms with Crippen LogP contribution in [0.15, 0.2) is 48.5 Å². The summed E-state index contributed by atoms with van der Waals surface area (Å²) >= 11 is 0. The van der Waals surface area contributed by atoms with Crippen molar-refractivity contribution < 1.29 is 23.9 Å². The van der Waals surface area contributed by atoms with Crippen molar-refractivity contribution in [2.75, 3.05) is 19.0 Å². The predicted octanol–water partition coefficient (Wildman–Crippen LogP) is 4.09. The zero-order chi connectivity index (χ0) is 22.5. The highest BCUT2D eigenvalue weighted by Crippen LogP contribution is 2.29. The van der Waals surface area contributed by atoms with E-state index in [4.69, 9.17) is 9.72 Å². The van der Waals surface area contributed by atoms with E-state index in [9.17, 15) is 14.4 Å². The molecule has 3 aromatic rings. The molecule has 0 aliphatic heterocycles. The van der Waals surface area contributed by atoms with Crippen molar-refractivity contribution in [3.05, 3.63) is 70.9 Å². The number of carbonyl (C=O) groups excluding carboxylic acids is 3. The van der Waals surface area contributed by atoms with E-state index in [0.29, 0.717) is 16.8 Å². The fourth-order valence-corrected chi connectivity index (χ4v) is 3.99. The van der Waals surface area contributed by atoms with Crippen LogP contribution in [0.2, 0.25) is 0 Å². The fraction of sp³-hybridized carbons (Fsp3) is 0.280. The molecular formula is C25H24N2O5. The Hall–Kier alpha value is -3.74. The lowest BCUT2D eigenvalue weighted by molar-refractivity contribution is -0.119. The Balaban J connectivity index is 1.49. The summed E-state index contributed by atoms with van der Waals surface area (Å²) in [6.07, 6.45) is 4.75. The highest BCUT2D eigenvalue weighted by atomic mass is 16.5. The quantitative estimate of drug-likeness (QED) is 0.482. The molecule has 32 heavy (non-hydrogen) atoms. The molecule has 0 unspecified atom stereocenters. The van der Waals surface area contributed by atoms with Crippen LogP contribution >= 0.6 is 0 Å². The number of fused-ring (bicyclic) bond motifs is 2. The monoisotopic (exact) mass is 432 g/mol. The normalized spacial score (nSPS) is 13.0. The largest absolute Gasteiger partial charge is 0.465 e. The average molecular weight is 432 g/mol. The van der Waals surface area contributed by atoms with Crippen molar-refractivity contribution >= 4 is 34.4 Å². The number of amides is 1. The van der Waals surface area contributed by atoms with E-state index in [0.717, 1.165) is 54.3 Å². The van der Waals surface area contributed by atoms with Gasteiger partial charge in [-0.05, 0) is 61.6 Å².